The molecule has 0 saturated heterocycles. The van der Waals surface area contributed by atoms with Gasteiger partial charge in [0, 0.05) is 18.5 Å². The molecular weight excluding hydrogens is 216 g/mol. The van der Waals surface area contributed by atoms with Crippen molar-refractivity contribution in [1.82, 2.24) is 5.48 Å². The molecule has 0 amide bonds. The highest BCUT2D eigenvalue weighted by Gasteiger charge is 2.30. The molecule has 0 rings (SSSR count). The van der Waals surface area contributed by atoms with E-state index in [2.05, 4.69) is 46.9 Å². The molecule has 0 heterocycles. The van der Waals surface area contributed by atoms with Crippen LogP contribution in [0.3, 0.4) is 0 Å². The number of nitrogens with zero attached hydrogens (tertiary/aromatic N) is 1. The van der Waals surface area contributed by atoms with E-state index in [9.17, 15) is 4.79 Å². The summed E-state index contributed by atoms with van der Waals surface area (Å²) in [6, 6.07) is 0. The number of quaternary nitrogens is 1. The van der Waals surface area contributed by atoms with Gasteiger partial charge >= 0.3 is 5.97 Å². The van der Waals surface area contributed by atoms with Gasteiger partial charge in [-0.2, -0.15) is 5.48 Å². The van der Waals surface area contributed by atoms with Crippen LogP contribution in [0.4, 0.5) is 0 Å². The number of carbonyl (C=O) groups is 1. The van der Waals surface area contributed by atoms with Gasteiger partial charge in [-0.3, -0.25) is 0 Å². The number of nitrogens with one attached hydrogen (secondary N) is 1. The smallest absolute Gasteiger partial charge is 0.351 e. The maximum atomic E-state index is 11.1. The normalized spacial score (nSPS) is 12.4. The highest BCUT2D eigenvalue weighted by molar-refractivity contribution is 5.86. The average Bonchev–Trinajstić information content (AvgIpc) is 2.14. The van der Waals surface area contributed by atoms with E-state index in [-0.39, 0.29) is 5.54 Å². The maximum Gasteiger partial charge on any atom is 0.351 e. The SMILES string of the molecule is C=C(C)C(=O)ONCCC[N+](C)(C)C(C)(C)C. The van der Waals surface area contributed by atoms with E-state index in [4.69, 9.17) is 4.84 Å². The maximum absolute atomic E-state index is 11.1. The molecule has 0 atom stereocenters. The zero-order valence-corrected chi connectivity index (χ0v) is 12.1. The van der Waals surface area contributed by atoms with Gasteiger partial charge in [0.25, 0.3) is 0 Å². The van der Waals surface area contributed by atoms with Crippen molar-refractivity contribution >= 4 is 5.97 Å². The molecule has 0 unspecified atom stereocenters. The molecule has 0 spiro atoms. The number of hydrogen-bond donors (Lipinski definition) is 1. The summed E-state index contributed by atoms with van der Waals surface area (Å²) in [6.07, 6.45) is 0.952. The number of carbonyl (C=O) groups excluding carboxylic acids is 1. The number of hydrogen-bond acceptors (Lipinski definition) is 3. The highest BCUT2D eigenvalue weighted by atomic mass is 16.7. The van der Waals surface area contributed by atoms with E-state index in [1.165, 1.54) is 0 Å². The summed E-state index contributed by atoms with van der Waals surface area (Å²) < 4.78 is 0.934. The zero-order valence-electron chi connectivity index (χ0n) is 12.1. The van der Waals surface area contributed by atoms with Gasteiger partial charge in [-0.05, 0) is 27.7 Å². The third-order valence-electron chi connectivity index (χ3n) is 3.33. The van der Waals surface area contributed by atoms with E-state index >= 15 is 0 Å². The van der Waals surface area contributed by atoms with Crippen molar-refractivity contribution in [3.05, 3.63) is 12.2 Å². The molecule has 0 aliphatic heterocycles. The minimum absolute atomic E-state index is 0.217. The molecule has 0 aromatic rings. The lowest BCUT2D eigenvalue weighted by Crippen LogP contribution is -2.55. The van der Waals surface area contributed by atoms with E-state index in [0.717, 1.165) is 17.4 Å². The topological polar surface area (TPSA) is 38.3 Å². The molecule has 0 fully saturated rings. The lowest BCUT2D eigenvalue weighted by molar-refractivity contribution is -0.935. The summed E-state index contributed by atoms with van der Waals surface area (Å²) in [5.41, 5.74) is 3.29. The summed E-state index contributed by atoms with van der Waals surface area (Å²) >= 11 is 0. The summed E-state index contributed by atoms with van der Waals surface area (Å²) in [6.45, 7) is 13.5. The van der Waals surface area contributed by atoms with Crippen LogP contribution in [0.2, 0.25) is 0 Å². The molecule has 4 nitrogen and oxygen atoms in total. The fraction of sp³-hybridized carbons (Fsp3) is 0.769. The Morgan fingerprint density at radius 1 is 1.35 bits per heavy atom. The largest absolute Gasteiger partial charge is 0.367 e. The van der Waals surface area contributed by atoms with Crippen LogP contribution in [0.1, 0.15) is 34.1 Å². The van der Waals surface area contributed by atoms with Crippen LogP contribution >= 0.6 is 0 Å². The van der Waals surface area contributed by atoms with Gasteiger partial charge in [-0.25, -0.2) is 4.79 Å². The Morgan fingerprint density at radius 3 is 2.29 bits per heavy atom. The fourth-order valence-corrected chi connectivity index (χ4v) is 1.09. The minimum Gasteiger partial charge on any atom is -0.367 e. The number of rotatable bonds is 6. The van der Waals surface area contributed by atoms with Crippen molar-refractivity contribution in [2.75, 3.05) is 27.2 Å². The summed E-state index contributed by atoms with van der Waals surface area (Å²) in [7, 11) is 4.42. The van der Waals surface area contributed by atoms with Crippen molar-refractivity contribution < 1.29 is 14.1 Å². The summed E-state index contributed by atoms with van der Waals surface area (Å²) in [5.74, 6) is -0.394. The Morgan fingerprint density at radius 2 is 1.88 bits per heavy atom. The first-order valence-electron chi connectivity index (χ1n) is 6.00. The zero-order chi connectivity index (χ0) is 13.7. The molecule has 0 radical (unpaired) electrons. The van der Waals surface area contributed by atoms with Gasteiger partial charge in [0.05, 0.1) is 26.2 Å². The summed E-state index contributed by atoms with van der Waals surface area (Å²) in [4.78, 5) is 15.9. The molecule has 1 N–H and O–H groups in total. The van der Waals surface area contributed by atoms with Crippen LogP contribution in [-0.2, 0) is 9.63 Å². The lowest BCUT2D eigenvalue weighted by atomic mass is 10.0. The molecule has 0 aliphatic carbocycles. The summed E-state index contributed by atoms with van der Waals surface area (Å²) in [5, 5.41) is 0. The average molecular weight is 243 g/mol. The third-order valence-corrected chi connectivity index (χ3v) is 3.33. The van der Waals surface area contributed by atoms with Gasteiger partial charge in [0.15, 0.2) is 0 Å². The van der Waals surface area contributed by atoms with Crippen molar-refractivity contribution in [2.24, 2.45) is 0 Å². The third kappa shape index (κ3) is 5.84. The molecule has 0 aliphatic rings. The van der Waals surface area contributed by atoms with Crippen LogP contribution in [0.25, 0.3) is 0 Å². The molecular formula is C13H27N2O2+. The Hall–Kier alpha value is -0.870. The van der Waals surface area contributed by atoms with Crippen molar-refractivity contribution in [1.29, 1.82) is 0 Å². The predicted octanol–water partition coefficient (Wildman–Crippen LogP) is 1.88. The quantitative estimate of drug-likeness (QED) is 0.335. The molecule has 0 aromatic carbocycles. The Labute approximate surface area is 105 Å². The first-order chi connectivity index (χ1) is 7.58. The van der Waals surface area contributed by atoms with Gasteiger partial charge in [-0.15, -0.1) is 0 Å². The van der Waals surface area contributed by atoms with Gasteiger partial charge in [0.2, 0.25) is 0 Å². The molecule has 0 bridgehead atoms. The minimum atomic E-state index is -0.394. The standard InChI is InChI=1S/C13H27N2O2/c1-11(2)12(16)17-14-9-8-10-15(6,7)13(3,4)5/h14H,1,8-10H2,2-7H3/q+1. The molecule has 0 aromatic heterocycles. The van der Waals surface area contributed by atoms with Crippen molar-refractivity contribution in [2.45, 2.75) is 39.7 Å². The Balaban J connectivity index is 3.80. The van der Waals surface area contributed by atoms with Crippen molar-refractivity contribution in [3.8, 4) is 0 Å². The second-order valence-corrected chi connectivity index (χ2v) is 6.00. The second kappa shape index (κ2) is 6.17. The predicted molar refractivity (Wildman–Crippen MR) is 70.3 cm³/mol. The highest BCUT2D eigenvalue weighted by Crippen LogP contribution is 2.18. The van der Waals surface area contributed by atoms with E-state index in [1.54, 1.807) is 6.92 Å². The van der Waals surface area contributed by atoms with Crippen LogP contribution in [0.5, 0.6) is 0 Å². The van der Waals surface area contributed by atoms with E-state index < -0.39 is 5.97 Å². The monoisotopic (exact) mass is 243 g/mol. The molecule has 4 heteroatoms. The molecule has 0 saturated carbocycles. The molecule has 17 heavy (non-hydrogen) atoms. The first kappa shape index (κ1) is 16.1. The lowest BCUT2D eigenvalue weighted by Gasteiger charge is -2.42. The Bertz CT molecular complexity index is 278. The second-order valence-electron chi connectivity index (χ2n) is 6.00. The molecule has 100 valence electrons. The number of hydroxylamine groups is 1. The first-order valence-corrected chi connectivity index (χ1v) is 6.00. The van der Waals surface area contributed by atoms with Crippen LogP contribution in [-0.4, -0.2) is 43.2 Å². The van der Waals surface area contributed by atoms with Gasteiger partial charge in [0.1, 0.15) is 0 Å². The van der Waals surface area contributed by atoms with E-state index in [1.807, 2.05) is 0 Å². The van der Waals surface area contributed by atoms with Gasteiger partial charge in [-0.1, -0.05) is 6.58 Å². The van der Waals surface area contributed by atoms with Crippen molar-refractivity contribution in [3.63, 3.8) is 0 Å². The van der Waals surface area contributed by atoms with E-state index in [0.29, 0.717) is 12.1 Å². The van der Waals surface area contributed by atoms with Crippen LogP contribution in [0.15, 0.2) is 12.2 Å². The van der Waals surface area contributed by atoms with Crippen LogP contribution < -0.4 is 5.48 Å². The van der Waals surface area contributed by atoms with Crippen LogP contribution in [0, 0.1) is 0 Å². The fourth-order valence-electron chi connectivity index (χ4n) is 1.09. The van der Waals surface area contributed by atoms with Gasteiger partial charge < -0.3 is 9.32 Å². The Kier molecular flexibility index (Phi) is 5.85.